The van der Waals surface area contributed by atoms with Crippen LogP contribution in [0.25, 0.3) is 0 Å². The van der Waals surface area contributed by atoms with Crippen LogP contribution in [0.1, 0.15) is 45.6 Å². The van der Waals surface area contributed by atoms with Crippen molar-refractivity contribution in [2.24, 2.45) is 0 Å². The average Bonchev–Trinajstić information content (AvgIpc) is 2.82. The van der Waals surface area contributed by atoms with Crippen molar-refractivity contribution in [2.75, 3.05) is 18.4 Å². The number of pyridine rings is 1. The Labute approximate surface area is 110 Å². The van der Waals surface area contributed by atoms with Crippen molar-refractivity contribution < 1.29 is 0 Å². The molecule has 100 valence electrons. The van der Waals surface area contributed by atoms with Gasteiger partial charge in [-0.2, -0.15) is 0 Å². The van der Waals surface area contributed by atoms with Crippen molar-refractivity contribution in [1.29, 1.82) is 0 Å². The minimum Gasteiger partial charge on any atom is -0.370 e. The van der Waals surface area contributed by atoms with Crippen LogP contribution in [0.5, 0.6) is 0 Å². The Morgan fingerprint density at radius 1 is 1.39 bits per heavy atom. The molecule has 18 heavy (non-hydrogen) atoms. The molecule has 0 saturated carbocycles. The quantitative estimate of drug-likeness (QED) is 0.859. The highest BCUT2D eigenvalue weighted by molar-refractivity contribution is 5.37. The van der Waals surface area contributed by atoms with E-state index in [1.165, 1.54) is 31.4 Å². The minimum absolute atomic E-state index is 0.180. The molecule has 0 aromatic carbocycles. The van der Waals surface area contributed by atoms with E-state index >= 15 is 0 Å². The van der Waals surface area contributed by atoms with E-state index in [9.17, 15) is 0 Å². The van der Waals surface area contributed by atoms with Gasteiger partial charge in [-0.25, -0.2) is 4.98 Å². The second kappa shape index (κ2) is 5.70. The summed E-state index contributed by atoms with van der Waals surface area (Å²) in [5.41, 5.74) is 1.46. The summed E-state index contributed by atoms with van der Waals surface area (Å²) in [6.45, 7) is 8.82. The number of rotatable bonds is 4. The largest absolute Gasteiger partial charge is 0.370 e. The van der Waals surface area contributed by atoms with Gasteiger partial charge < -0.3 is 10.6 Å². The van der Waals surface area contributed by atoms with Gasteiger partial charge in [0.2, 0.25) is 0 Å². The van der Waals surface area contributed by atoms with Crippen molar-refractivity contribution in [1.82, 2.24) is 10.3 Å². The number of nitrogens with one attached hydrogen (secondary N) is 2. The lowest BCUT2D eigenvalue weighted by Gasteiger charge is -2.18. The van der Waals surface area contributed by atoms with Crippen LogP contribution in [0.3, 0.4) is 0 Å². The standard InChI is InChI=1S/C15H25N3/c1-15(2,3)12-6-7-14(18-11-12)17-10-8-13-5-4-9-16-13/h6-7,11,13,16H,4-5,8-10H2,1-3H3,(H,17,18). The molecule has 3 heteroatoms. The smallest absolute Gasteiger partial charge is 0.125 e. The Balaban J connectivity index is 1.79. The van der Waals surface area contributed by atoms with Gasteiger partial charge in [0.1, 0.15) is 5.82 Å². The van der Waals surface area contributed by atoms with Crippen LogP contribution in [0.15, 0.2) is 18.3 Å². The maximum atomic E-state index is 4.48. The summed E-state index contributed by atoms with van der Waals surface area (Å²) in [6, 6.07) is 4.96. The van der Waals surface area contributed by atoms with Crippen LogP contribution in [0.4, 0.5) is 5.82 Å². The predicted molar refractivity (Wildman–Crippen MR) is 77.1 cm³/mol. The van der Waals surface area contributed by atoms with E-state index in [0.717, 1.165) is 12.4 Å². The zero-order valence-electron chi connectivity index (χ0n) is 11.8. The summed E-state index contributed by atoms with van der Waals surface area (Å²) >= 11 is 0. The summed E-state index contributed by atoms with van der Waals surface area (Å²) < 4.78 is 0. The predicted octanol–water partition coefficient (Wildman–Crippen LogP) is 2.93. The lowest BCUT2D eigenvalue weighted by atomic mass is 9.88. The highest BCUT2D eigenvalue weighted by Gasteiger charge is 2.14. The van der Waals surface area contributed by atoms with Crippen molar-refractivity contribution in [3.63, 3.8) is 0 Å². The maximum Gasteiger partial charge on any atom is 0.125 e. The molecular weight excluding hydrogens is 222 g/mol. The third-order valence-corrected chi connectivity index (χ3v) is 3.59. The first-order chi connectivity index (χ1) is 8.55. The monoisotopic (exact) mass is 247 g/mol. The molecule has 3 nitrogen and oxygen atoms in total. The molecule has 1 aliphatic heterocycles. The first-order valence-electron chi connectivity index (χ1n) is 6.99. The maximum absolute atomic E-state index is 4.48. The molecule has 1 saturated heterocycles. The SMILES string of the molecule is CC(C)(C)c1ccc(NCCC2CCCN2)nc1. The van der Waals surface area contributed by atoms with Crippen LogP contribution in [0.2, 0.25) is 0 Å². The lowest BCUT2D eigenvalue weighted by molar-refractivity contribution is 0.573. The number of nitrogens with zero attached hydrogens (tertiary/aromatic N) is 1. The average molecular weight is 247 g/mol. The van der Waals surface area contributed by atoms with Crippen molar-refractivity contribution >= 4 is 5.82 Å². The summed E-state index contributed by atoms with van der Waals surface area (Å²) in [5, 5.41) is 6.91. The van der Waals surface area contributed by atoms with Gasteiger partial charge in [-0.3, -0.25) is 0 Å². The van der Waals surface area contributed by atoms with E-state index in [1.807, 2.05) is 6.20 Å². The second-order valence-corrected chi connectivity index (χ2v) is 6.19. The molecule has 1 aliphatic rings. The minimum atomic E-state index is 0.180. The van der Waals surface area contributed by atoms with Gasteiger partial charge in [-0.15, -0.1) is 0 Å². The Bertz CT molecular complexity index is 358. The fourth-order valence-electron chi connectivity index (χ4n) is 2.32. The fraction of sp³-hybridized carbons (Fsp3) is 0.667. The second-order valence-electron chi connectivity index (χ2n) is 6.19. The van der Waals surface area contributed by atoms with E-state index in [1.54, 1.807) is 0 Å². The third-order valence-electron chi connectivity index (χ3n) is 3.59. The molecule has 0 spiro atoms. The van der Waals surface area contributed by atoms with Gasteiger partial charge in [0.05, 0.1) is 0 Å². The van der Waals surface area contributed by atoms with E-state index in [2.05, 4.69) is 48.5 Å². The van der Waals surface area contributed by atoms with E-state index in [4.69, 9.17) is 0 Å². The summed E-state index contributed by atoms with van der Waals surface area (Å²) in [4.78, 5) is 4.48. The highest BCUT2D eigenvalue weighted by atomic mass is 15.0. The van der Waals surface area contributed by atoms with Crippen LogP contribution >= 0.6 is 0 Å². The van der Waals surface area contributed by atoms with Gasteiger partial charge in [0, 0.05) is 18.8 Å². The van der Waals surface area contributed by atoms with Gasteiger partial charge in [0.15, 0.2) is 0 Å². The molecule has 2 N–H and O–H groups in total. The van der Waals surface area contributed by atoms with E-state index in [-0.39, 0.29) is 5.41 Å². The Hall–Kier alpha value is -1.09. The topological polar surface area (TPSA) is 37.0 Å². The number of hydrogen-bond donors (Lipinski definition) is 2. The van der Waals surface area contributed by atoms with Gasteiger partial charge in [0.25, 0.3) is 0 Å². The van der Waals surface area contributed by atoms with Crippen molar-refractivity contribution in [3.05, 3.63) is 23.9 Å². The van der Waals surface area contributed by atoms with Crippen LogP contribution < -0.4 is 10.6 Å². The molecule has 1 atom stereocenters. The van der Waals surface area contributed by atoms with Crippen molar-refractivity contribution in [3.8, 4) is 0 Å². The summed E-state index contributed by atoms with van der Waals surface area (Å²) in [7, 11) is 0. The molecule has 1 fully saturated rings. The van der Waals surface area contributed by atoms with E-state index < -0.39 is 0 Å². The molecule has 1 aromatic heterocycles. The first kappa shape index (κ1) is 13.3. The number of aromatic nitrogens is 1. The Morgan fingerprint density at radius 2 is 2.22 bits per heavy atom. The zero-order chi connectivity index (χ0) is 13.0. The summed E-state index contributed by atoms with van der Waals surface area (Å²) in [6.07, 6.45) is 5.81. The van der Waals surface area contributed by atoms with Gasteiger partial charge in [-0.1, -0.05) is 26.8 Å². The van der Waals surface area contributed by atoms with Crippen LogP contribution in [-0.2, 0) is 5.41 Å². The van der Waals surface area contributed by atoms with Crippen LogP contribution in [0, 0.1) is 0 Å². The molecule has 0 radical (unpaired) electrons. The normalized spacial score (nSPS) is 20.1. The third kappa shape index (κ3) is 3.70. The Kier molecular flexibility index (Phi) is 4.23. The molecule has 2 rings (SSSR count). The molecule has 0 aliphatic carbocycles. The number of anilines is 1. The Morgan fingerprint density at radius 3 is 2.78 bits per heavy atom. The molecule has 0 bridgehead atoms. The zero-order valence-corrected chi connectivity index (χ0v) is 11.8. The number of hydrogen-bond acceptors (Lipinski definition) is 3. The molecule has 1 unspecified atom stereocenters. The van der Waals surface area contributed by atoms with Crippen molar-refractivity contribution in [2.45, 2.75) is 51.5 Å². The van der Waals surface area contributed by atoms with Gasteiger partial charge in [-0.05, 0) is 42.9 Å². The highest BCUT2D eigenvalue weighted by Crippen LogP contribution is 2.21. The van der Waals surface area contributed by atoms with E-state index in [0.29, 0.717) is 6.04 Å². The van der Waals surface area contributed by atoms with Crippen LogP contribution in [-0.4, -0.2) is 24.1 Å². The summed E-state index contributed by atoms with van der Waals surface area (Å²) in [5.74, 6) is 0.987. The molecule has 1 aromatic rings. The van der Waals surface area contributed by atoms with Gasteiger partial charge >= 0.3 is 0 Å². The fourth-order valence-corrected chi connectivity index (χ4v) is 2.32. The molecule has 0 amide bonds. The molecule has 2 heterocycles. The lowest BCUT2D eigenvalue weighted by Crippen LogP contribution is -2.24. The first-order valence-corrected chi connectivity index (χ1v) is 6.99. The molecular formula is C15H25N3.